The lowest BCUT2D eigenvalue weighted by molar-refractivity contribution is 0.0954. The Hall–Kier alpha value is -1.03. The number of hydrogen-bond donors (Lipinski definition) is 2. The van der Waals surface area contributed by atoms with Crippen molar-refractivity contribution in [2.45, 2.75) is 12.8 Å². The summed E-state index contributed by atoms with van der Waals surface area (Å²) in [5, 5.41) is 7.08. The van der Waals surface area contributed by atoms with Gasteiger partial charge in [0.2, 0.25) is 0 Å². The van der Waals surface area contributed by atoms with Crippen LogP contribution in [0.15, 0.2) is 29.8 Å². The lowest BCUT2D eigenvalue weighted by Crippen LogP contribution is -2.26. The van der Waals surface area contributed by atoms with E-state index in [1.165, 1.54) is 5.57 Å². The maximum absolute atomic E-state index is 11.9. The van der Waals surface area contributed by atoms with Gasteiger partial charge >= 0.3 is 0 Å². The van der Waals surface area contributed by atoms with Crippen LogP contribution < -0.4 is 10.6 Å². The van der Waals surface area contributed by atoms with Crippen molar-refractivity contribution < 1.29 is 4.79 Å². The standard InChI is InChI=1S/C14H16Cl2N2O/c15-12-7-11(8-13(16)9-12)14(19)18-6-3-10-1-4-17-5-2-10/h1,7-9,17H,2-6H2,(H,18,19). The molecule has 0 saturated carbocycles. The van der Waals surface area contributed by atoms with Crippen molar-refractivity contribution in [2.75, 3.05) is 19.6 Å². The van der Waals surface area contributed by atoms with Crippen LogP contribution in [-0.4, -0.2) is 25.5 Å². The third-order valence-electron chi connectivity index (χ3n) is 3.01. The average molecular weight is 299 g/mol. The summed E-state index contributed by atoms with van der Waals surface area (Å²) in [5.41, 5.74) is 1.89. The minimum atomic E-state index is -0.140. The molecule has 1 aliphatic heterocycles. The molecule has 3 nitrogen and oxygen atoms in total. The number of carbonyl (C=O) groups excluding carboxylic acids is 1. The molecule has 1 aromatic rings. The van der Waals surface area contributed by atoms with Gasteiger partial charge in [0.15, 0.2) is 0 Å². The van der Waals surface area contributed by atoms with E-state index in [9.17, 15) is 4.79 Å². The summed E-state index contributed by atoms with van der Waals surface area (Å²) in [7, 11) is 0. The molecule has 0 aliphatic carbocycles. The highest BCUT2D eigenvalue weighted by Gasteiger charge is 2.08. The summed E-state index contributed by atoms with van der Waals surface area (Å²) in [4.78, 5) is 11.9. The molecule has 2 N–H and O–H groups in total. The zero-order valence-electron chi connectivity index (χ0n) is 10.5. The van der Waals surface area contributed by atoms with Gasteiger partial charge in [-0.3, -0.25) is 4.79 Å². The van der Waals surface area contributed by atoms with E-state index in [-0.39, 0.29) is 5.91 Å². The van der Waals surface area contributed by atoms with Gasteiger partial charge < -0.3 is 10.6 Å². The van der Waals surface area contributed by atoms with Crippen LogP contribution in [0.4, 0.5) is 0 Å². The smallest absolute Gasteiger partial charge is 0.251 e. The molecule has 1 heterocycles. The number of hydrogen-bond acceptors (Lipinski definition) is 2. The SMILES string of the molecule is O=C(NCCC1=CCNCC1)c1cc(Cl)cc(Cl)c1. The highest BCUT2D eigenvalue weighted by molar-refractivity contribution is 6.35. The molecular weight excluding hydrogens is 283 g/mol. The topological polar surface area (TPSA) is 41.1 Å². The van der Waals surface area contributed by atoms with E-state index in [0.29, 0.717) is 22.2 Å². The molecule has 19 heavy (non-hydrogen) atoms. The van der Waals surface area contributed by atoms with Gasteiger partial charge in [0.25, 0.3) is 5.91 Å². The van der Waals surface area contributed by atoms with E-state index in [4.69, 9.17) is 23.2 Å². The van der Waals surface area contributed by atoms with E-state index in [2.05, 4.69) is 16.7 Å². The first kappa shape index (κ1) is 14.4. The fraction of sp³-hybridized carbons (Fsp3) is 0.357. The predicted molar refractivity (Wildman–Crippen MR) is 79.0 cm³/mol. The highest BCUT2D eigenvalue weighted by atomic mass is 35.5. The molecule has 1 aliphatic rings. The molecule has 1 amide bonds. The summed E-state index contributed by atoms with van der Waals surface area (Å²) in [6.07, 6.45) is 4.13. The van der Waals surface area contributed by atoms with Crippen LogP contribution in [0.2, 0.25) is 10.0 Å². The highest BCUT2D eigenvalue weighted by Crippen LogP contribution is 2.19. The van der Waals surface area contributed by atoms with Gasteiger partial charge in [-0.05, 0) is 37.6 Å². The van der Waals surface area contributed by atoms with E-state index in [0.717, 1.165) is 25.9 Å². The van der Waals surface area contributed by atoms with Gasteiger partial charge in [-0.1, -0.05) is 34.9 Å². The van der Waals surface area contributed by atoms with Gasteiger partial charge in [-0.15, -0.1) is 0 Å². The third kappa shape index (κ3) is 4.53. The van der Waals surface area contributed by atoms with Crippen LogP contribution in [0.25, 0.3) is 0 Å². The second-order valence-corrected chi connectivity index (χ2v) is 5.35. The Morgan fingerprint density at radius 3 is 2.63 bits per heavy atom. The van der Waals surface area contributed by atoms with Crippen molar-refractivity contribution in [1.29, 1.82) is 0 Å². The van der Waals surface area contributed by atoms with Gasteiger partial charge in [-0.25, -0.2) is 0 Å². The van der Waals surface area contributed by atoms with Crippen LogP contribution >= 0.6 is 23.2 Å². The average Bonchev–Trinajstić information content (AvgIpc) is 2.38. The monoisotopic (exact) mass is 298 g/mol. The van der Waals surface area contributed by atoms with Crippen molar-refractivity contribution in [3.8, 4) is 0 Å². The lowest BCUT2D eigenvalue weighted by atomic mass is 10.1. The van der Waals surface area contributed by atoms with Crippen molar-refractivity contribution in [2.24, 2.45) is 0 Å². The van der Waals surface area contributed by atoms with Crippen LogP contribution in [-0.2, 0) is 0 Å². The minimum absolute atomic E-state index is 0.140. The third-order valence-corrected chi connectivity index (χ3v) is 3.45. The first-order valence-corrected chi connectivity index (χ1v) is 7.03. The molecule has 5 heteroatoms. The molecule has 0 bridgehead atoms. The van der Waals surface area contributed by atoms with Crippen LogP contribution in [0.1, 0.15) is 23.2 Å². The van der Waals surface area contributed by atoms with Gasteiger partial charge in [0.05, 0.1) is 0 Å². The zero-order valence-corrected chi connectivity index (χ0v) is 12.0. The molecule has 0 saturated heterocycles. The number of benzene rings is 1. The fourth-order valence-corrected chi connectivity index (χ4v) is 2.55. The molecule has 0 radical (unpaired) electrons. The van der Waals surface area contributed by atoms with E-state index < -0.39 is 0 Å². The molecular formula is C14H16Cl2N2O. The minimum Gasteiger partial charge on any atom is -0.352 e. The van der Waals surface area contributed by atoms with Crippen molar-refractivity contribution in [3.05, 3.63) is 45.5 Å². The summed E-state index contributed by atoms with van der Waals surface area (Å²) < 4.78 is 0. The number of carbonyl (C=O) groups is 1. The van der Waals surface area contributed by atoms with Crippen molar-refractivity contribution >= 4 is 29.1 Å². The Balaban J connectivity index is 1.85. The summed E-state index contributed by atoms with van der Waals surface area (Å²) in [5.74, 6) is -0.140. The molecule has 2 rings (SSSR count). The van der Waals surface area contributed by atoms with E-state index in [1.54, 1.807) is 18.2 Å². The largest absolute Gasteiger partial charge is 0.352 e. The lowest BCUT2D eigenvalue weighted by Gasteiger charge is -2.14. The first-order chi connectivity index (χ1) is 9.15. The van der Waals surface area contributed by atoms with Gasteiger partial charge in [-0.2, -0.15) is 0 Å². The van der Waals surface area contributed by atoms with Gasteiger partial charge in [0.1, 0.15) is 0 Å². The fourth-order valence-electron chi connectivity index (χ4n) is 2.02. The molecule has 0 atom stereocenters. The van der Waals surface area contributed by atoms with Gasteiger partial charge in [0, 0.05) is 28.7 Å². The maximum Gasteiger partial charge on any atom is 0.251 e. The molecule has 1 aromatic carbocycles. The summed E-state index contributed by atoms with van der Waals surface area (Å²) in [6, 6.07) is 4.85. The molecule has 0 spiro atoms. The maximum atomic E-state index is 11.9. The van der Waals surface area contributed by atoms with Crippen LogP contribution in [0, 0.1) is 0 Å². The second kappa shape index (κ2) is 6.94. The molecule has 0 fully saturated rings. The van der Waals surface area contributed by atoms with Crippen LogP contribution in [0.5, 0.6) is 0 Å². The summed E-state index contributed by atoms with van der Waals surface area (Å²) >= 11 is 11.7. The Morgan fingerprint density at radius 2 is 2.00 bits per heavy atom. The normalized spacial score (nSPS) is 14.9. The van der Waals surface area contributed by atoms with E-state index >= 15 is 0 Å². The molecule has 102 valence electrons. The number of halogens is 2. The Kier molecular flexibility index (Phi) is 5.25. The first-order valence-electron chi connectivity index (χ1n) is 6.28. The van der Waals surface area contributed by atoms with Crippen molar-refractivity contribution in [1.82, 2.24) is 10.6 Å². The number of nitrogens with one attached hydrogen (secondary N) is 2. The molecule has 0 aromatic heterocycles. The zero-order chi connectivity index (χ0) is 13.7. The Bertz CT molecular complexity index is 480. The Morgan fingerprint density at radius 1 is 1.26 bits per heavy atom. The predicted octanol–water partition coefficient (Wildman–Crippen LogP) is 3.03. The van der Waals surface area contributed by atoms with Crippen LogP contribution in [0.3, 0.4) is 0 Å². The number of rotatable bonds is 4. The summed E-state index contributed by atoms with van der Waals surface area (Å²) in [6.45, 7) is 2.58. The quantitative estimate of drug-likeness (QED) is 0.839. The molecule has 0 unspecified atom stereocenters. The van der Waals surface area contributed by atoms with Crippen molar-refractivity contribution in [3.63, 3.8) is 0 Å². The Labute approximate surface area is 123 Å². The van der Waals surface area contributed by atoms with E-state index in [1.807, 2.05) is 0 Å². The second-order valence-electron chi connectivity index (χ2n) is 4.48. The number of amides is 1.